The van der Waals surface area contributed by atoms with Gasteiger partial charge in [-0.2, -0.15) is 0 Å². The molecule has 80 valence electrons. The van der Waals surface area contributed by atoms with E-state index in [0.717, 1.165) is 25.9 Å². The summed E-state index contributed by atoms with van der Waals surface area (Å²) in [5.74, 6) is 0.195. The number of likely N-dealkylation sites (tertiary alicyclic amines) is 1. The van der Waals surface area contributed by atoms with Crippen molar-refractivity contribution in [1.29, 1.82) is 0 Å². The molecule has 0 saturated carbocycles. The fourth-order valence-electron chi connectivity index (χ4n) is 2.24. The summed E-state index contributed by atoms with van der Waals surface area (Å²) in [6, 6.07) is 0.375. The zero-order valence-corrected chi connectivity index (χ0v) is 8.41. The van der Waals surface area contributed by atoms with Gasteiger partial charge in [0.15, 0.2) is 0 Å². The van der Waals surface area contributed by atoms with Crippen LogP contribution in [0.5, 0.6) is 0 Å². The number of nitrogens with one attached hydrogen (secondary N) is 1. The molecule has 0 bridgehead atoms. The summed E-state index contributed by atoms with van der Waals surface area (Å²) in [7, 11) is 0. The van der Waals surface area contributed by atoms with Gasteiger partial charge in [-0.15, -0.1) is 0 Å². The molecule has 2 atom stereocenters. The van der Waals surface area contributed by atoms with Gasteiger partial charge < -0.3 is 15.3 Å². The van der Waals surface area contributed by atoms with Gasteiger partial charge in [0.05, 0.1) is 6.10 Å². The molecule has 0 aromatic heterocycles. The maximum atomic E-state index is 11.7. The highest BCUT2D eigenvalue weighted by molar-refractivity contribution is 5.77. The summed E-state index contributed by atoms with van der Waals surface area (Å²) >= 11 is 0. The number of rotatable bonds is 2. The molecule has 14 heavy (non-hydrogen) atoms. The van der Waals surface area contributed by atoms with Crippen molar-refractivity contribution in [2.75, 3.05) is 19.6 Å². The quantitative estimate of drug-likeness (QED) is 0.642. The SMILES string of the molecule is O=C(CC1CCCN1)N1CC[C@@H](O)C1. The minimum atomic E-state index is -0.296. The molecule has 0 aromatic rings. The van der Waals surface area contributed by atoms with Gasteiger partial charge >= 0.3 is 0 Å². The van der Waals surface area contributed by atoms with Crippen LogP contribution < -0.4 is 5.32 Å². The van der Waals surface area contributed by atoms with Gasteiger partial charge in [0.2, 0.25) is 5.91 Å². The average molecular weight is 198 g/mol. The summed E-state index contributed by atoms with van der Waals surface area (Å²) in [5, 5.41) is 12.6. The Bertz CT molecular complexity index is 214. The Morgan fingerprint density at radius 3 is 2.93 bits per heavy atom. The Balaban J connectivity index is 1.77. The molecular formula is C10H18N2O2. The number of aliphatic hydroxyl groups is 1. The second-order valence-electron chi connectivity index (χ2n) is 4.28. The molecule has 2 N–H and O–H groups in total. The first-order valence-corrected chi connectivity index (χ1v) is 5.45. The van der Waals surface area contributed by atoms with E-state index in [-0.39, 0.29) is 12.0 Å². The number of carbonyl (C=O) groups is 1. The van der Waals surface area contributed by atoms with Gasteiger partial charge in [0.25, 0.3) is 0 Å². The van der Waals surface area contributed by atoms with E-state index >= 15 is 0 Å². The highest BCUT2D eigenvalue weighted by Crippen LogP contribution is 2.14. The molecule has 2 rings (SSSR count). The van der Waals surface area contributed by atoms with Crippen LogP contribution in [-0.2, 0) is 4.79 Å². The van der Waals surface area contributed by atoms with Crippen LogP contribution in [0.4, 0.5) is 0 Å². The number of aliphatic hydroxyl groups excluding tert-OH is 1. The van der Waals surface area contributed by atoms with Crippen molar-refractivity contribution in [1.82, 2.24) is 10.2 Å². The lowest BCUT2D eigenvalue weighted by Gasteiger charge is -2.18. The van der Waals surface area contributed by atoms with E-state index in [1.165, 1.54) is 6.42 Å². The van der Waals surface area contributed by atoms with Crippen LogP contribution in [-0.4, -0.2) is 47.7 Å². The maximum absolute atomic E-state index is 11.7. The number of hydrogen-bond donors (Lipinski definition) is 2. The summed E-state index contributed by atoms with van der Waals surface area (Å²) in [4.78, 5) is 13.5. The predicted octanol–water partition coefficient (Wildman–Crippen LogP) is -0.278. The van der Waals surface area contributed by atoms with E-state index in [1.807, 2.05) is 0 Å². The van der Waals surface area contributed by atoms with Crippen molar-refractivity contribution >= 4 is 5.91 Å². The third-order valence-electron chi connectivity index (χ3n) is 3.10. The molecule has 2 heterocycles. The zero-order chi connectivity index (χ0) is 9.97. The predicted molar refractivity (Wildman–Crippen MR) is 52.8 cm³/mol. The first kappa shape index (κ1) is 9.93. The smallest absolute Gasteiger partial charge is 0.224 e. The van der Waals surface area contributed by atoms with Crippen LogP contribution in [0, 0.1) is 0 Å². The maximum Gasteiger partial charge on any atom is 0.224 e. The highest BCUT2D eigenvalue weighted by Gasteiger charge is 2.27. The Morgan fingerprint density at radius 1 is 1.50 bits per heavy atom. The second-order valence-corrected chi connectivity index (χ2v) is 4.28. The minimum absolute atomic E-state index is 0.195. The molecule has 4 nitrogen and oxygen atoms in total. The zero-order valence-electron chi connectivity index (χ0n) is 8.41. The molecule has 0 aromatic carbocycles. The van der Waals surface area contributed by atoms with Crippen LogP contribution in [0.25, 0.3) is 0 Å². The van der Waals surface area contributed by atoms with Crippen molar-refractivity contribution in [3.05, 3.63) is 0 Å². The molecule has 0 radical (unpaired) electrons. The number of carbonyl (C=O) groups excluding carboxylic acids is 1. The largest absolute Gasteiger partial charge is 0.391 e. The number of nitrogens with zero attached hydrogens (tertiary/aromatic N) is 1. The van der Waals surface area contributed by atoms with E-state index in [1.54, 1.807) is 4.90 Å². The van der Waals surface area contributed by atoms with Gasteiger partial charge in [-0.25, -0.2) is 0 Å². The standard InChI is InChI=1S/C10H18N2O2/c13-9-3-5-12(7-9)10(14)6-8-2-1-4-11-8/h8-9,11,13H,1-7H2/t8?,9-/m1/s1. The van der Waals surface area contributed by atoms with Crippen LogP contribution in [0.3, 0.4) is 0 Å². The van der Waals surface area contributed by atoms with E-state index in [4.69, 9.17) is 0 Å². The van der Waals surface area contributed by atoms with Crippen LogP contribution in [0.1, 0.15) is 25.7 Å². The molecule has 2 fully saturated rings. The Labute approximate surface area is 84.3 Å². The van der Waals surface area contributed by atoms with Gasteiger partial charge in [-0.1, -0.05) is 0 Å². The molecule has 4 heteroatoms. The van der Waals surface area contributed by atoms with Crippen LogP contribution in [0.15, 0.2) is 0 Å². The minimum Gasteiger partial charge on any atom is -0.391 e. The molecule has 1 unspecified atom stereocenters. The summed E-state index contributed by atoms with van der Waals surface area (Å²) in [6.07, 6.45) is 3.34. The third-order valence-corrected chi connectivity index (χ3v) is 3.10. The molecule has 1 amide bonds. The first-order valence-electron chi connectivity index (χ1n) is 5.45. The lowest BCUT2D eigenvalue weighted by Crippen LogP contribution is -2.34. The molecular weight excluding hydrogens is 180 g/mol. The van der Waals surface area contributed by atoms with Crippen LogP contribution >= 0.6 is 0 Å². The summed E-state index contributed by atoms with van der Waals surface area (Å²) in [5.41, 5.74) is 0. The van der Waals surface area contributed by atoms with Crippen molar-refractivity contribution in [3.63, 3.8) is 0 Å². The van der Waals surface area contributed by atoms with Gasteiger partial charge in [-0.05, 0) is 25.8 Å². The monoisotopic (exact) mass is 198 g/mol. The summed E-state index contributed by atoms with van der Waals surface area (Å²) < 4.78 is 0. The fraction of sp³-hybridized carbons (Fsp3) is 0.900. The Morgan fingerprint density at radius 2 is 2.36 bits per heavy atom. The van der Waals surface area contributed by atoms with Crippen molar-refractivity contribution in [2.24, 2.45) is 0 Å². The van der Waals surface area contributed by atoms with Gasteiger partial charge in [-0.3, -0.25) is 4.79 Å². The molecule has 2 aliphatic rings. The normalized spacial score (nSPS) is 32.5. The van der Waals surface area contributed by atoms with E-state index < -0.39 is 0 Å². The van der Waals surface area contributed by atoms with Crippen LogP contribution in [0.2, 0.25) is 0 Å². The lowest BCUT2D eigenvalue weighted by molar-refractivity contribution is -0.130. The van der Waals surface area contributed by atoms with E-state index in [9.17, 15) is 9.90 Å². The highest BCUT2D eigenvalue weighted by atomic mass is 16.3. The molecule has 2 saturated heterocycles. The molecule has 2 aliphatic heterocycles. The Kier molecular flexibility index (Phi) is 3.03. The van der Waals surface area contributed by atoms with E-state index in [0.29, 0.717) is 19.0 Å². The first-order chi connectivity index (χ1) is 6.75. The van der Waals surface area contributed by atoms with Crippen molar-refractivity contribution in [2.45, 2.75) is 37.8 Å². The number of β-amino-alcohol motifs (C(OH)–C–C–N with tert-alkyl or cyclic N) is 1. The van der Waals surface area contributed by atoms with Gasteiger partial charge in [0.1, 0.15) is 0 Å². The summed E-state index contributed by atoms with van der Waals surface area (Å²) in [6.45, 7) is 2.30. The van der Waals surface area contributed by atoms with Crippen molar-refractivity contribution in [3.8, 4) is 0 Å². The van der Waals surface area contributed by atoms with Crippen molar-refractivity contribution < 1.29 is 9.90 Å². The second kappa shape index (κ2) is 4.28. The third kappa shape index (κ3) is 2.25. The van der Waals surface area contributed by atoms with Gasteiger partial charge in [0, 0.05) is 25.6 Å². The topological polar surface area (TPSA) is 52.6 Å². The van der Waals surface area contributed by atoms with E-state index in [2.05, 4.69) is 5.32 Å². The fourth-order valence-corrected chi connectivity index (χ4v) is 2.24. The Hall–Kier alpha value is -0.610. The molecule has 0 aliphatic carbocycles. The number of hydrogen-bond acceptors (Lipinski definition) is 3. The average Bonchev–Trinajstić information content (AvgIpc) is 2.75. The molecule has 0 spiro atoms. The lowest BCUT2D eigenvalue weighted by atomic mass is 10.1. The number of amides is 1.